The molecule has 0 aliphatic carbocycles. The van der Waals surface area contributed by atoms with E-state index >= 15 is 0 Å². The molecule has 84 valence electrons. The third-order valence-electron chi connectivity index (χ3n) is 2.68. The first-order valence-corrected chi connectivity index (χ1v) is 5.74. The first-order chi connectivity index (χ1) is 7.27. The summed E-state index contributed by atoms with van der Waals surface area (Å²) in [6, 6.07) is 10.7. The minimum absolute atomic E-state index is 0.234. The molecule has 0 amide bonds. The Hall–Kier alpha value is -0.860. The maximum atomic E-state index is 9.49. The maximum absolute atomic E-state index is 9.49. The van der Waals surface area contributed by atoms with E-state index in [0.717, 1.165) is 12.8 Å². The van der Waals surface area contributed by atoms with Crippen molar-refractivity contribution in [3.63, 3.8) is 0 Å². The zero-order valence-corrected chi connectivity index (χ0v) is 9.61. The van der Waals surface area contributed by atoms with Crippen LogP contribution in [0.2, 0.25) is 0 Å². The minimum atomic E-state index is -0.234. The number of nitrogens with one attached hydrogen (secondary N) is 1. The second-order valence-corrected chi connectivity index (χ2v) is 3.84. The second kappa shape index (κ2) is 6.59. The predicted octanol–water partition coefficient (Wildman–Crippen LogP) is 2.50. The van der Waals surface area contributed by atoms with Gasteiger partial charge in [-0.05, 0) is 18.4 Å². The largest absolute Gasteiger partial charge is 0.392 e. The smallest absolute Gasteiger partial charge is 0.0662 e. The Balaban J connectivity index is 2.50. The Labute approximate surface area is 92.3 Å². The fourth-order valence-electron chi connectivity index (χ4n) is 1.61. The molecule has 1 aromatic carbocycles. The van der Waals surface area contributed by atoms with E-state index in [-0.39, 0.29) is 6.10 Å². The lowest BCUT2D eigenvalue weighted by Gasteiger charge is -2.19. The van der Waals surface area contributed by atoms with Crippen LogP contribution < -0.4 is 5.32 Å². The summed E-state index contributed by atoms with van der Waals surface area (Å²) in [6.45, 7) is 4.82. The molecule has 2 nitrogen and oxygen atoms in total. The van der Waals surface area contributed by atoms with Gasteiger partial charge in [0.1, 0.15) is 0 Å². The van der Waals surface area contributed by atoms with Crippen LogP contribution in [0.25, 0.3) is 0 Å². The molecule has 0 radical (unpaired) electrons. The number of hydrogen-bond donors (Lipinski definition) is 2. The maximum Gasteiger partial charge on any atom is 0.0662 e. The zero-order valence-electron chi connectivity index (χ0n) is 9.61. The molecule has 0 spiro atoms. The van der Waals surface area contributed by atoms with Crippen LogP contribution in [0.1, 0.15) is 38.3 Å². The molecule has 0 saturated carbocycles. The van der Waals surface area contributed by atoms with Gasteiger partial charge in [0, 0.05) is 12.6 Å². The third-order valence-corrected chi connectivity index (χ3v) is 2.68. The molecule has 0 aromatic heterocycles. The first kappa shape index (κ1) is 12.2. The highest BCUT2D eigenvalue weighted by molar-refractivity contribution is 5.18. The average Bonchev–Trinajstić information content (AvgIpc) is 2.31. The Morgan fingerprint density at radius 3 is 2.33 bits per heavy atom. The predicted molar refractivity (Wildman–Crippen MR) is 63.8 cm³/mol. The Morgan fingerprint density at radius 2 is 1.80 bits per heavy atom. The first-order valence-electron chi connectivity index (χ1n) is 5.74. The Kier molecular flexibility index (Phi) is 5.37. The van der Waals surface area contributed by atoms with Gasteiger partial charge in [-0.25, -0.2) is 0 Å². The van der Waals surface area contributed by atoms with Crippen molar-refractivity contribution < 1.29 is 5.11 Å². The topological polar surface area (TPSA) is 32.3 Å². The number of aliphatic hydroxyl groups excluding tert-OH is 1. The van der Waals surface area contributed by atoms with Crippen molar-refractivity contribution in [3.05, 3.63) is 35.9 Å². The van der Waals surface area contributed by atoms with E-state index in [1.54, 1.807) is 0 Å². The SMILES string of the molecule is CCC(O)CN[C@H](CC)c1ccccc1. The van der Waals surface area contributed by atoms with Crippen LogP contribution >= 0.6 is 0 Å². The number of aliphatic hydroxyl groups is 1. The molecule has 0 bridgehead atoms. The van der Waals surface area contributed by atoms with Crippen LogP contribution in [0, 0.1) is 0 Å². The van der Waals surface area contributed by atoms with E-state index in [0.29, 0.717) is 12.6 Å². The molecule has 2 N–H and O–H groups in total. The Morgan fingerprint density at radius 1 is 1.13 bits per heavy atom. The van der Waals surface area contributed by atoms with Gasteiger partial charge in [-0.3, -0.25) is 0 Å². The van der Waals surface area contributed by atoms with Crippen molar-refractivity contribution in [3.8, 4) is 0 Å². The van der Waals surface area contributed by atoms with Crippen molar-refractivity contribution >= 4 is 0 Å². The highest BCUT2D eigenvalue weighted by atomic mass is 16.3. The van der Waals surface area contributed by atoms with Gasteiger partial charge in [-0.15, -0.1) is 0 Å². The van der Waals surface area contributed by atoms with Crippen molar-refractivity contribution in [1.82, 2.24) is 5.32 Å². The molecule has 0 fully saturated rings. The lowest BCUT2D eigenvalue weighted by molar-refractivity contribution is 0.162. The highest BCUT2D eigenvalue weighted by Gasteiger charge is 2.09. The van der Waals surface area contributed by atoms with Crippen molar-refractivity contribution in [1.29, 1.82) is 0 Å². The molecule has 2 heteroatoms. The van der Waals surface area contributed by atoms with Crippen LogP contribution in [0.15, 0.2) is 30.3 Å². The number of rotatable bonds is 6. The molecule has 0 heterocycles. The van der Waals surface area contributed by atoms with Crippen LogP contribution in [-0.4, -0.2) is 17.8 Å². The summed E-state index contributed by atoms with van der Waals surface area (Å²) in [6.07, 6.45) is 1.61. The molecule has 0 saturated heterocycles. The highest BCUT2D eigenvalue weighted by Crippen LogP contribution is 2.15. The molecular formula is C13H21NO. The quantitative estimate of drug-likeness (QED) is 0.751. The van der Waals surface area contributed by atoms with Crippen LogP contribution in [0.5, 0.6) is 0 Å². The van der Waals surface area contributed by atoms with Gasteiger partial charge in [0.2, 0.25) is 0 Å². The molecule has 1 rings (SSSR count). The van der Waals surface area contributed by atoms with Gasteiger partial charge in [-0.1, -0.05) is 44.2 Å². The lowest BCUT2D eigenvalue weighted by atomic mass is 10.0. The van der Waals surface area contributed by atoms with Gasteiger partial charge in [0.05, 0.1) is 6.10 Å². The lowest BCUT2D eigenvalue weighted by Crippen LogP contribution is -2.29. The number of benzene rings is 1. The van der Waals surface area contributed by atoms with E-state index in [4.69, 9.17) is 0 Å². The summed E-state index contributed by atoms with van der Waals surface area (Å²) in [4.78, 5) is 0. The van der Waals surface area contributed by atoms with Gasteiger partial charge in [0.15, 0.2) is 0 Å². The van der Waals surface area contributed by atoms with E-state index in [1.165, 1.54) is 5.56 Å². The molecule has 15 heavy (non-hydrogen) atoms. The average molecular weight is 207 g/mol. The standard InChI is InChI=1S/C13H21NO/c1-3-12(15)10-14-13(4-2)11-8-6-5-7-9-11/h5-9,12-15H,3-4,10H2,1-2H3/t12?,13-/m1/s1. The van der Waals surface area contributed by atoms with E-state index in [9.17, 15) is 5.11 Å². The van der Waals surface area contributed by atoms with Gasteiger partial charge in [-0.2, -0.15) is 0 Å². The van der Waals surface area contributed by atoms with E-state index in [2.05, 4.69) is 36.5 Å². The molecule has 2 atom stereocenters. The monoisotopic (exact) mass is 207 g/mol. The molecule has 0 aliphatic heterocycles. The van der Waals surface area contributed by atoms with E-state index < -0.39 is 0 Å². The number of hydrogen-bond acceptors (Lipinski definition) is 2. The molecular weight excluding hydrogens is 186 g/mol. The third kappa shape index (κ3) is 4.02. The van der Waals surface area contributed by atoms with Crippen molar-refractivity contribution in [2.75, 3.05) is 6.54 Å². The summed E-state index contributed by atoms with van der Waals surface area (Å²) < 4.78 is 0. The van der Waals surface area contributed by atoms with Crippen molar-refractivity contribution in [2.45, 2.75) is 38.8 Å². The summed E-state index contributed by atoms with van der Waals surface area (Å²) in [7, 11) is 0. The fourth-order valence-corrected chi connectivity index (χ4v) is 1.61. The summed E-state index contributed by atoms with van der Waals surface area (Å²) in [5.74, 6) is 0. The fraction of sp³-hybridized carbons (Fsp3) is 0.538. The Bertz CT molecular complexity index is 260. The van der Waals surface area contributed by atoms with Crippen molar-refractivity contribution in [2.24, 2.45) is 0 Å². The summed E-state index contributed by atoms with van der Waals surface area (Å²) in [5, 5.41) is 12.9. The van der Waals surface area contributed by atoms with E-state index in [1.807, 2.05) is 13.0 Å². The minimum Gasteiger partial charge on any atom is -0.392 e. The summed E-state index contributed by atoms with van der Waals surface area (Å²) >= 11 is 0. The van der Waals surface area contributed by atoms with Crippen LogP contribution in [-0.2, 0) is 0 Å². The molecule has 0 aliphatic rings. The molecule has 1 unspecified atom stereocenters. The summed E-state index contributed by atoms with van der Waals surface area (Å²) in [5.41, 5.74) is 1.29. The van der Waals surface area contributed by atoms with Gasteiger partial charge >= 0.3 is 0 Å². The normalized spacial score (nSPS) is 14.9. The van der Waals surface area contributed by atoms with Crippen LogP contribution in [0.3, 0.4) is 0 Å². The van der Waals surface area contributed by atoms with Gasteiger partial charge < -0.3 is 10.4 Å². The zero-order chi connectivity index (χ0) is 11.1. The second-order valence-electron chi connectivity index (χ2n) is 3.84. The van der Waals surface area contributed by atoms with Crippen LogP contribution in [0.4, 0.5) is 0 Å². The molecule has 1 aromatic rings. The van der Waals surface area contributed by atoms with Gasteiger partial charge in [0.25, 0.3) is 0 Å².